The molecule has 0 bridgehead atoms. The molecule has 4 amide bonds. The molecule has 0 radical (unpaired) electrons. The molecule has 0 saturated carbocycles. The van der Waals surface area contributed by atoms with Crippen LogP contribution in [0.1, 0.15) is 58.9 Å². The highest BCUT2D eigenvalue weighted by Gasteiger charge is 2.35. The number of benzene rings is 1. The first-order valence-corrected chi connectivity index (χ1v) is 14.9. The molecule has 1 aromatic rings. The van der Waals surface area contributed by atoms with Crippen LogP contribution in [0.5, 0.6) is 0 Å². The average Bonchev–Trinajstić information content (AvgIpc) is 3.05. The zero-order chi connectivity index (χ0) is 34.8. The quantitative estimate of drug-likeness (QED) is 0.126. The first kappa shape index (κ1) is 39.5. The van der Waals surface area contributed by atoms with Crippen molar-refractivity contribution >= 4 is 41.5 Å². The molecule has 5 atom stereocenters. The van der Waals surface area contributed by atoms with Crippen molar-refractivity contribution in [3.8, 4) is 0 Å². The van der Waals surface area contributed by atoms with Gasteiger partial charge in [-0.05, 0) is 23.8 Å². The van der Waals surface area contributed by atoms with Gasteiger partial charge >= 0.3 is 18.0 Å². The summed E-state index contributed by atoms with van der Waals surface area (Å²) < 4.78 is 27.6. The Hall–Kier alpha value is -4.56. The number of esters is 2. The van der Waals surface area contributed by atoms with Crippen LogP contribution in [0.15, 0.2) is 30.3 Å². The summed E-state index contributed by atoms with van der Waals surface area (Å²) in [5.41, 5.74) is 0.730. The van der Waals surface area contributed by atoms with E-state index >= 15 is 0 Å². The van der Waals surface area contributed by atoms with E-state index in [1.54, 1.807) is 52.0 Å². The predicted molar refractivity (Wildman–Crippen MR) is 163 cm³/mol. The van der Waals surface area contributed by atoms with Crippen LogP contribution in [-0.2, 0) is 49.6 Å². The second-order valence-corrected chi connectivity index (χ2v) is 10.9. The Bertz CT molecular complexity index is 1200. The third-order valence-corrected chi connectivity index (χ3v) is 7.16. The number of carbonyl (C=O) groups is 7. The van der Waals surface area contributed by atoms with Gasteiger partial charge in [0.2, 0.25) is 17.7 Å². The fourth-order valence-electron chi connectivity index (χ4n) is 4.13. The van der Waals surface area contributed by atoms with Crippen molar-refractivity contribution in [2.45, 2.75) is 84.2 Å². The van der Waals surface area contributed by atoms with Gasteiger partial charge in [0.15, 0.2) is 5.78 Å². The van der Waals surface area contributed by atoms with Gasteiger partial charge < -0.3 is 35.5 Å². The zero-order valence-corrected chi connectivity index (χ0v) is 27.1. The predicted octanol–water partition coefficient (Wildman–Crippen LogP) is 1.49. The number of ether oxygens (including phenoxy) is 3. The van der Waals surface area contributed by atoms with E-state index < -0.39 is 90.6 Å². The van der Waals surface area contributed by atoms with Gasteiger partial charge in [-0.15, -0.1) is 0 Å². The molecule has 2 unspecified atom stereocenters. The van der Waals surface area contributed by atoms with Gasteiger partial charge in [-0.2, -0.15) is 0 Å². The number of hydrogen-bond donors (Lipinski definition) is 4. The third-order valence-electron chi connectivity index (χ3n) is 7.16. The number of rotatable bonds is 19. The molecular formula is C31H45FN4O10. The van der Waals surface area contributed by atoms with E-state index in [2.05, 4.69) is 30.7 Å². The molecule has 1 rings (SSSR count). The number of amides is 4. The Morgan fingerprint density at radius 3 is 1.89 bits per heavy atom. The lowest BCUT2D eigenvalue weighted by Crippen LogP contribution is -2.59. The topological polar surface area (TPSA) is 195 Å². The van der Waals surface area contributed by atoms with Crippen LogP contribution in [0.4, 0.5) is 9.18 Å². The van der Waals surface area contributed by atoms with Gasteiger partial charge in [0, 0.05) is 6.42 Å². The summed E-state index contributed by atoms with van der Waals surface area (Å²) >= 11 is 0. The lowest BCUT2D eigenvalue weighted by Gasteiger charge is -2.29. The molecule has 0 aliphatic heterocycles. The highest BCUT2D eigenvalue weighted by atomic mass is 19.1. The second-order valence-electron chi connectivity index (χ2n) is 10.9. The van der Waals surface area contributed by atoms with Gasteiger partial charge in [0.1, 0.15) is 37.4 Å². The lowest BCUT2D eigenvalue weighted by molar-refractivity contribution is -0.144. The molecular weight excluding hydrogens is 607 g/mol. The number of ketones is 1. The standard InChI is InChI=1S/C31H45FN4O10/c1-7-19(4)27(30(42)34-22(23(37)16-32)15-25(39)45-6)35-28(40)21(13-14-24(38)44-5)33-29(41)26(18(2)3)36-31(43)46-17-20-11-9-8-10-12-20/h8-12,18-19,21-22,26-27H,7,13-17H2,1-6H3,(H,33,41)(H,34,42)(H,35,40)(H,36,43)/t19-,21-,22-,26?,27?/m0/s1. The smallest absolute Gasteiger partial charge is 0.408 e. The van der Waals surface area contributed by atoms with E-state index in [4.69, 9.17) is 4.74 Å². The van der Waals surface area contributed by atoms with Crippen LogP contribution in [-0.4, -0.2) is 86.6 Å². The van der Waals surface area contributed by atoms with Crippen molar-refractivity contribution in [1.29, 1.82) is 0 Å². The molecule has 0 spiro atoms. The van der Waals surface area contributed by atoms with Gasteiger partial charge in [-0.1, -0.05) is 64.4 Å². The summed E-state index contributed by atoms with van der Waals surface area (Å²) in [7, 11) is 2.22. The minimum atomic E-state index is -1.54. The van der Waals surface area contributed by atoms with Crippen LogP contribution in [0.2, 0.25) is 0 Å². The van der Waals surface area contributed by atoms with Crippen molar-refractivity contribution in [2.24, 2.45) is 11.8 Å². The monoisotopic (exact) mass is 652 g/mol. The normalized spacial score (nSPS) is 14.0. The minimum absolute atomic E-state index is 0.0419. The minimum Gasteiger partial charge on any atom is -0.469 e. The molecule has 4 N–H and O–H groups in total. The average molecular weight is 653 g/mol. The molecule has 0 aromatic heterocycles. The number of nitrogens with one attached hydrogen (secondary N) is 4. The summed E-state index contributed by atoms with van der Waals surface area (Å²) in [5, 5.41) is 9.87. The van der Waals surface area contributed by atoms with Gasteiger partial charge in [0.25, 0.3) is 0 Å². The first-order valence-electron chi connectivity index (χ1n) is 14.9. The van der Waals surface area contributed by atoms with Crippen LogP contribution in [0, 0.1) is 11.8 Å². The van der Waals surface area contributed by atoms with Crippen LogP contribution in [0.25, 0.3) is 0 Å². The van der Waals surface area contributed by atoms with Gasteiger partial charge in [-0.25, -0.2) is 9.18 Å². The number of alkyl carbamates (subject to hydrolysis) is 1. The molecule has 14 nitrogen and oxygen atoms in total. The maximum atomic E-state index is 13.5. The fourth-order valence-corrected chi connectivity index (χ4v) is 4.13. The zero-order valence-electron chi connectivity index (χ0n) is 27.1. The number of alkyl halides is 1. The van der Waals surface area contributed by atoms with Crippen molar-refractivity contribution in [1.82, 2.24) is 21.3 Å². The Balaban J connectivity index is 3.15. The Morgan fingerprint density at radius 2 is 1.35 bits per heavy atom. The van der Waals surface area contributed by atoms with Crippen LogP contribution < -0.4 is 21.3 Å². The largest absolute Gasteiger partial charge is 0.469 e. The molecule has 0 saturated heterocycles. The van der Waals surface area contributed by atoms with Gasteiger partial charge in [-0.3, -0.25) is 28.8 Å². The van der Waals surface area contributed by atoms with Crippen LogP contribution in [0.3, 0.4) is 0 Å². The molecule has 1 aromatic carbocycles. The Labute approximate surface area is 267 Å². The number of methoxy groups -OCH3 is 2. The highest BCUT2D eigenvalue weighted by Crippen LogP contribution is 2.12. The Morgan fingerprint density at radius 1 is 0.761 bits per heavy atom. The number of hydrogen-bond acceptors (Lipinski definition) is 10. The molecule has 46 heavy (non-hydrogen) atoms. The third kappa shape index (κ3) is 13.6. The van der Waals surface area contributed by atoms with Crippen molar-refractivity contribution in [2.75, 3.05) is 20.9 Å². The number of halogens is 1. The van der Waals surface area contributed by atoms with E-state index in [1.165, 1.54) is 0 Å². The molecule has 0 aliphatic rings. The molecule has 256 valence electrons. The number of Topliss-reactive ketones (excluding diaryl/α,β-unsaturated/α-hetero) is 1. The first-order chi connectivity index (χ1) is 21.8. The lowest BCUT2D eigenvalue weighted by atomic mass is 9.96. The van der Waals surface area contributed by atoms with E-state index in [1.807, 2.05) is 6.07 Å². The molecule has 0 heterocycles. The summed E-state index contributed by atoms with van der Waals surface area (Å²) in [5.74, 6) is -6.05. The summed E-state index contributed by atoms with van der Waals surface area (Å²) in [6.45, 7) is 5.21. The van der Waals surface area contributed by atoms with E-state index in [9.17, 15) is 38.0 Å². The second kappa shape index (κ2) is 20.5. The van der Waals surface area contributed by atoms with Crippen LogP contribution >= 0.6 is 0 Å². The van der Waals surface area contributed by atoms with Crippen molar-refractivity contribution < 1.29 is 52.2 Å². The maximum Gasteiger partial charge on any atom is 0.408 e. The Kier molecular flexibility index (Phi) is 17.6. The summed E-state index contributed by atoms with van der Waals surface area (Å²) in [6.07, 6.45) is -1.62. The fraction of sp³-hybridized carbons (Fsp3) is 0.581. The number of carbonyl (C=O) groups excluding carboxylic acids is 7. The van der Waals surface area contributed by atoms with E-state index in [0.717, 1.165) is 19.8 Å². The highest BCUT2D eigenvalue weighted by molar-refractivity contribution is 5.97. The molecule has 0 aliphatic carbocycles. The molecule has 15 heteroatoms. The summed E-state index contributed by atoms with van der Waals surface area (Å²) in [6, 6.07) is 3.55. The molecule has 0 fully saturated rings. The van der Waals surface area contributed by atoms with Crippen molar-refractivity contribution in [3.05, 3.63) is 35.9 Å². The van der Waals surface area contributed by atoms with Crippen molar-refractivity contribution in [3.63, 3.8) is 0 Å². The van der Waals surface area contributed by atoms with E-state index in [0.29, 0.717) is 6.42 Å². The maximum absolute atomic E-state index is 13.5. The van der Waals surface area contributed by atoms with E-state index in [-0.39, 0.29) is 19.4 Å². The summed E-state index contributed by atoms with van der Waals surface area (Å²) in [4.78, 5) is 88.4. The van der Waals surface area contributed by atoms with Gasteiger partial charge in [0.05, 0.1) is 20.6 Å². The SMILES string of the molecule is CC[C@H](C)C(NC(=O)[C@H](CCC(=O)OC)NC(=O)C(NC(=O)OCc1ccccc1)C(C)C)C(=O)N[C@@H](CC(=O)OC)C(=O)CF.